The molecule has 0 spiro atoms. The Bertz CT molecular complexity index is 943. The van der Waals surface area contributed by atoms with E-state index in [4.69, 9.17) is 9.47 Å². The topological polar surface area (TPSA) is 125 Å². The van der Waals surface area contributed by atoms with Crippen molar-refractivity contribution in [3.8, 4) is 0 Å². The van der Waals surface area contributed by atoms with E-state index in [9.17, 15) is 23.3 Å². The maximum atomic E-state index is 12.3. The van der Waals surface area contributed by atoms with Crippen LogP contribution in [0.25, 0.3) is 0 Å². The minimum Gasteiger partial charge on any atom is -0.454 e. The molecule has 1 atom stereocenters. The Hall–Kier alpha value is -2.82. The van der Waals surface area contributed by atoms with Gasteiger partial charge >= 0.3 is 5.97 Å². The minimum absolute atomic E-state index is 0.00638. The lowest BCUT2D eigenvalue weighted by atomic mass is 10.1. The smallest absolute Gasteiger partial charge is 0.338 e. The lowest BCUT2D eigenvalue weighted by Crippen LogP contribution is -2.27. The summed E-state index contributed by atoms with van der Waals surface area (Å²) in [6, 6.07) is 11.1. The van der Waals surface area contributed by atoms with Crippen LogP contribution in [0.2, 0.25) is 0 Å². The van der Waals surface area contributed by atoms with Gasteiger partial charge in [0, 0.05) is 25.8 Å². The first-order valence-corrected chi connectivity index (χ1v) is 9.77. The maximum absolute atomic E-state index is 12.3. The zero-order valence-electron chi connectivity index (χ0n) is 15.3. The van der Waals surface area contributed by atoms with Crippen LogP contribution in [-0.4, -0.2) is 39.6 Å². The predicted molar refractivity (Wildman–Crippen MR) is 100 cm³/mol. The van der Waals surface area contributed by atoms with Gasteiger partial charge in [0.2, 0.25) is 10.0 Å². The van der Waals surface area contributed by atoms with Gasteiger partial charge in [0.05, 0.1) is 22.0 Å². The van der Waals surface area contributed by atoms with Gasteiger partial charge in [0.1, 0.15) is 6.10 Å². The van der Waals surface area contributed by atoms with Gasteiger partial charge in [0.25, 0.3) is 5.69 Å². The Morgan fingerprint density at radius 3 is 2.50 bits per heavy atom. The van der Waals surface area contributed by atoms with Gasteiger partial charge in [-0.05, 0) is 36.8 Å². The highest BCUT2D eigenvalue weighted by molar-refractivity contribution is 7.89. The van der Waals surface area contributed by atoms with Crippen molar-refractivity contribution in [2.45, 2.75) is 17.9 Å². The first-order valence-electron chi connectivity index (χ1n) is 8.28. The summed E-state index contributed by atoms with van der Waals surface area (Å²) in [7, 11) is -2.24. The van der Waals surface area contributed by atoms with Crippen molar-refractivity contribution in [3.63, 3.8) is 0 Å². The van der Waals surface area contributed by atoms with Crippen LogP contribution in [0, 0.1) is 10.1 Å². The van der Waals surface area contributed by atoms with Crippen LogP contribution in [0.4, 0.5) is 5.69 Å². The third kappa shape index (κ3) is 5.59. The molecule has 150 valence electrons. The fourth-order valence-electron chi connectivity index (χ4n) is 2.32. The number of sulfonamides is 1. The van der Waals surface area contributed by atoms with E-state index in [-0.39, 0.29) is 29.3 Å². The van der Waals surface area contributed by atoms with Crippen molar-refractivity contribution in [2.75, 3.05) is 20.3 Å². The molecule has 0 amide bonds. The molecule has 28 heavy (non-hydrogen) atoms. The molecule has 0 fully saturated rings. The van der Waals surface area contributed by atoms with Gasteiger partial charge < -0.3 is 9.47 Å². The first kappa shape index (κ1) is 21.5. The quantitative estimate of drug-likeness (QED) is 0.292. The molecular weight excluding hydrogens is 388 g/mol. The van der Waals surface area contributed by atoms with Crippen LogP contribution in [0.15, 0.2) is 53.4 Å². The maximum Gasteiger partial charge on any atom is 0.338 e. The van der Waals surface area contributed by atoms with Crippen LogP contribution in [0.1, 0.15) is 28.9 Å². The van der Waals surface area contributed by atoms with Crippen LogP contribution in [-0.2, 0) is 19.5 Å². The molecule has 0 radical (unpaired) electrons. The summed E-state index contributed by atoms with van der Waals surface area (Å²) in [4.78, 5) is 22.6. The molecule has 2 aromatic rings. The van der Waals surface area contributed by atoms with Crippen molar-refractivity contribution in [3.05, 3.63) is 69.8 Å². The summed E-state index contributed by atoms with van der Waals surface area (Å²) in [5.74, 6) is -0.671. The molecule has 0 aliphatic heterocycles. The molecular formula is C18H20N2O7S. The number of nitro groups is 1. The van der Waals surface area contributed by atoms with Crippen LogP contribution in [0.3, 0.4) is 0 Å². The van der Waals surface area contributed by atoms with E-state index in [2.05, 4.69) is 4.72 Å². The van der Waals surface area contributed by atoms with Crippen LogP contribution >= 0.6 is 0 Å². The SMILES string of the molecule is COCCNS(=O)(=O)c1ccc(C(=O)O[C@@H](C)c2cccc([N+](=O)[O-])c2)cc1. The van der Waals surface area contributed by atoms with Crippen molar-refractivity contribution in [1.82, 2.24) is 4.72 Å². The second-order valence-corrected chi connectivity index (χ2v) is 7.58. The normalized spacial score (nSPS) is 12.4. The fourth-order valence-corrected chi connectivity index (χ4v) is 3.33. The van der Waals surface area contributed by atoms with Gasteiger partial charge in [0.15, 0.2) is 0 Å². The van der Waals surface area contributed by atoms with E-state index in [1.165, 1.54) is 49.6 Å². The molecule has 9 nitrogen and oxygen atoms in total. The number of methoxy groups -OCH3 is 1. The number of non-ortho nitro benzene ring substituents is 1. The molecule has 2 aromatic carbocycles. The largest absolute Gasteiger partial charge is 0.454 e. The number of nitrogens with one attached hydrogen (secondary N) is 1. The molecule has 0 bridgehead atoms. The van der Waals surface area contributed by atoms with E-state index in [0.717, 1.165) is 0 Å². The lowest BCUT2D eigenvalue weighted by molar-refractivity contribution is -0.385. The average molecular weight is 408 g/mol. The number of rotatable bonds is 9. The van der Waals surface area contributed by atoms with Crippen molar-refractivity contribution in [1.29, 1.82) is 0 Å². The van der Waals surface area contributed by atoms with Crippen LogP contribution in [0.5, 0.6) is 0 Å². The summed E-state index contributed by atoms with van der Waals surface area (Å²) >= 11 is 0. The molecule has 0 heterocycles. The standard InChI is InChI=1S/C18H20N2O7S/c1-13(15-4-3-5-16(12-15)20(22)23)27-18(21)14-6-8-17(9-7-14)28(24,25)19-10-11-26-2/h3-9,12-13,19H,10-11H2,1-2H3/t13-/m0/s1. The number of benzene rings is 2. The number of carbonyl (C=O) groups is 1. The minimum atomic E-state index is -3.70. The molecule has 0 unspecified atom stereocenters. The number of hydrogen-bond acceptors (Lipinski definition) is 7. The zero-order valence-corrected chi connectivity index (χ0v) is 16.1. The number of esters is 1. The highest BCUT2D eigenvalue weighted by Crippen LogP contribution is 2.23. The third-order valence-electron chi connectivity index (χ3n) is 3.83. The molecule has 0 aliphatic carbocycles. The Kier molecular flexibility index (Phi) is 7.21. The van der Waals surface area contributed by atoms with E-state index >= 15 is 0 Å². The number of nitrogens with zero attached hydrogens (tertiary/aromatic N) is 1. The number of ether oxygens (including phenoxy) is 2. The van der Waals surface area contributed by atoms with Crippen LogP contribution < -0.4 is 4.72 Å². The van der Waals surface area contributed by atoms with Crippen molar-refractivity contribution < 1.29 is 27.6 Å². The Balaban J connectivity index is 2.06. The Morgan fingerprint density at radius 1 is 1.21 bits per heavy atom. The van der Waals surface area contributed by atoms with Gasteiger partial charge in [-0.15, -0.1) is 0 Å². The summed E-state index contributed by atoms with van der Waals surface area (Å²) in [5.41, 5.74) is 0.535. The molecule has 10 heteroatoms. The summed E-state index contributed by atoms with van der Waals surface area (Å²) in [5, 5.41) is 10.9. The fraction of sp³-hybridized carbons (Fsp3) is 0.278. The molecule has 0 saturated heterocycles. The Labute approximate surface area is 162 Å². The summed E-state index contributed by atoms with van der Waals surface area (Å²) < 4.78 is 36.7. The summed E-state index contributed by atoms with van der Waals surface area (Å²) in [6.07, 6.45) is -0.716. The number of carbonyl (C=O) groups excluding carboxylic acids is 1. The summed E-state index contributed by atoms with van der Waals surface area (Å²) in [6.45, 7) is 1.96. The lowest BCUT2D eigenvalue weighted by Gasteiger charge is -2.14. The molecule has 0 aromatic heterocycles. The van der Waals surface area contributed by atoms with Gasteiger partial charge in [-0.25, -0.2) is 17.9 Å². The predicted octanol–water partition coefficient (Wildman–Crippen LogP) is 2.44. The van der Waals surface area contributed by atoms with Crippen molar-refractivity contribution >= 4 is 21.7 Å². The van der Waals surface area contributed by atoms with Gasteiger partial charge in [-0.2, -0.15) is 0 Å². The second-order valence-electron chi connectivity index (χ2n) is 5.81. The first-order chi connectivity index (χ1) is 13.2. The third-order valence-corrected chi connectivity index (χ3v) is 5.31. The van der Waals surface area contributed by atoms with Gasteiger partial charge in [-0.1, -0.05) is 12.1 Å². The molecule has 2 rings (SSSR count). The number of hydrogen-bond donors (Lipinski definition) is 1. The average Bonchev–Trinajstić information content (AvgIpc) is 2.68. The highest BCUT2D eigenvalue weighted by atomic mass is 32.2. The van der Waals surface area contributed by atoms with Crippen molar-refractivity contribution in [2.24, 2.45) is 0 Å². The molecule has 1 N–H and O–H groups in total. The highest BCUT2D eigenvalue weighted by Gasteiger charge is 2.18. The Morgan fingerprint density at radius 2 is 1.89 bits per heavy atom. The zero-order chi connectivity index (χ0) is 20.7. The number of nitro benzene ring substituents is 1. The van der Waals surface area contributed by atoms with E-state index in [0.29, 0.717) is 5.56 Å². The molecule has 0 saturated carbocycles. The molecule has 0 aliphatic rings. The monoisotopic (exact) mass is 408 g/mol. The van der Waals surface area contributed by atoms with E-state index in [1.54, 1.807) is 13.0 Å². The van der Waals surface area contributed by atoms with Gasteiger partial charge in [-0.3, -0.25) is 10.1 Å². The van der Waals surface area contributed by atoms with E-state index < -0.39 is 27.0 Å². The van der Waals surface area contributed by atoms with E-state index in [1.807, 2.05) is 0 Å². The second kappa shape index (κ2) is 9.40.